The molecule has 1 atom stereocenters. The molecule has 1 aliphatic heterocycles. The first-order valence-electron chi connectivity index (χ1n) is 8.98. The molecule has 0 aliphatic carbocycles. The van der Waals surface area contributed by atoms with Crippen LogP contribution in [0.3, 0.4) is 0 Å². The Morgan fingerprint density at radius 1 is 1.11 bits per heavy atom. The summed E-state index contributed by atoms with van der Waals surface area (Å²) in [6.45, 7) is 1.62. The molecule has 2 aromatic rings. The summed E-state index contributed by atoms with van der Waals surface area (Å²) in [5.74, 6) is -1.14. The van der Waals surface area contributed by atoms with Gasteiger partial charge in [0.05, 0.1) is 4.90 Å². The Morgan fingerprint density at radius 3 is 2.46 bits per heavy atom. The Balaban J connectivity index is 1.85. The average molecular weight is 404 g/mol. The van der Waals surface area contributed by atoms with E-state index in [1.54, 1.807) is 6.07 Å². The molecule has 0 radical (unpaired) electrons. The predicted octanol–water partition coefficient (Wildman–Crippen LogP) is 3.21. The van der Waals surface area contributed by atoms with Gasteiger partial charge >= 0.3 is 0 Å². The number of hydrogen-bond acceptors (Lipinski definition) is 4. The highest BCUT2D eigenvalue weighted by Crippen LogP contribution is 2.26. The van der Waals surface area contributed by atoms with Crippen LogP contribution in [-0.2, 0) is 14.8 Å². The fourth-order valence-electron chi connectivity index (χ4n) is 3.24. The van der Waals surface area contributed by atoms with Crippen molar-refractivity contribution in [3.63, 3.8) is 0 Å². The summed E-state index contributed by atoms with van der Waals surface area (Å²) in [6.07, 6.45) is 1.75. The van der Waals surface area contributed by atoms with E-state index in [2.05, 4.69) is 5.32 Å². The Morgan fingerprint density at radius 2 is 1.82 bits per heavy atom. The largest absolute Gasteiger partial charge is 0.325 e. The number of benzene rings is 2. The number of rotatable bonds is 5. The van der Waals surface area contributed by atoms with Gasteiger partial charge < -0.3 is 5.32 Å². The van der Waals surface area contributed by atoms with E-state index in [1.165, 1.54) is 53.7 Å². The molecule has 1 N–H and O–H groups in total. The van der Waals surface area contributed by atoms with Crippen LogP contribution in [0.2, 0.25) is 0 Å². The first-order chi connectivity index (χ1) is 13.3. The van der Waals surface area contributed by atoms with Gasteiger partial charge in [-0.2, -0.15) is 4.31 Å². The van der Waals surface area contributed by atoms with Crippen LogP contribution in [-0.4, -0.2) is 37.0 Å². The quantitative estimate of drug-likeness (QED) is 0.776. The average Bonchev–Trinajstić information content (AvgIpc) is 2.68. The molecule has 8 heteroatoms. The van der Waals surface area contributed by atoms with Crippen molar-refractivity contribution in [2.75, 3.05) is 11.9 Å². The molecule has 0 spiro atoms. The summed E-state index contributed by atoms with van der Waals surface area (Å²) in [7, 11) is -3.91. The molecule has 6 nitrogen and oxygen atoms in total. The van der Waals surface area contributed by atoms with Crippen molar-refractivity contribution >= 4 is 27.4 Å². The van der Waals surface area contributed by atoms with Gasteiger partial charge in [-0.05, 0) is 50.1 Å². The summed E-state index contributed by atoms with van der Waals surface area (Å²) >= 11 is 0. The van der Waals surface area contributed by atoms with E-state index >= 15 is 0 Å². The van der Waals surface area contributed by atoms with Gasteiger partial charge in [-0.3, -0.25) is 9.59 Å². The third-order valence-corrected chi connectivity index (χ3v) is 6.64. The van der Waals surface area contributed by atoms with E-state index in [-0.39, 0.29) is 22.9 Å². The first kappa shape index (κ1) is 20.2. The standard InChI is InChI=1S/C20H21FN2O4S/c1-14(24)15-8-10-18(11-9-15)28(26,27)23-12-3-2-7-19(23)20(25)22-17-6-4-5-16(21)13-17/h4-6,8-11,13,19H,2-3,7,12H2,1H3,(H,22,25). The van der Waals surface area contributed by atoms with Gasteiger partial charge in [-0.1, -0.05) is 24.6 Å². The lowest BCUT2D eigenvalue weighted by Gasteiger charge is -2.33. The lowest BCUT2D eigenvalue weighted by atomic mass is 10.0. The number of Topliss-reactive ketones (excluding diaryl/α,β-unsaturated/α-hetero) is 1. The van der Waals surface area contributed by atoms with Gasteiger partial charge in [0.2, 0.25) is 15.9 Å². The molecule has 0 aromatic heterocycles. The third-order valence-electron chi connectivity index (χ3n) is 4.72. The van der Waals surface area contributed by atoms with E-state index in [0.717, 1.165) is 6.42 Å². The van der Waals surface area contributed by atoms with Crippen molar-refractivity contribution in [2.45, 2.75) is 37.1 Å². The van der Waals surface area contributed by atoms with Gasteiger partial charge in [-0.15, -0.1) is 0 Å². The minimum absolute atomic E-state index is 0.0305. The number of amides is 1. The van der Waals surface area contributed by atoms with E-state index in [0.29, 0.717) is 18.4 Å². The molecular weight excluding hydrogens is 383 g/mol. The second-order valence-corrected chi connectivity index (χ2v) is 8.60. The Bertz CT molecular complexity index is 990. The molecule has 2 aromatic carbocycles. The minimum atomic E-state index is -3.91. The number of ketones is 1. The Labute approximate surface area is 163 Å². The zero-order chi connectivity index (χ0) is 20.3. The van der Waals surface area contributed by atoms with Crippen molar-refractivity contribution < 1.29 is 22.4 Å². The highest BCUT2D eigenvalue weighted by Gasteiger charge is 2.37. The SMILES string of the molecule is CC(=O)c1ccc(S(=O)(=O)N2CCCCC2C(=O)Nc2cccc(F)c2)cc1. The molecule has 0 saturated carbocycles. The second kappa shape index (κ2) is 8.20. The zero-order valence-electron chi connectivity index (χ0n) is 15.4. The highest BCUT2D eigenvalue weighted by molar-refractivity contribution is 7.89. The van der Waals surface area contributed by atoms with Gasteiger partial charge in [0, 0.05) is 17.8 Å². The molecule has 148 valence electrons. The fraction of sp³-hybridized carbons (Fsp3) is 0.300. The maximum absolute atomic E-state index is 13.4. The monoisotopic (exact) mass is 404 g/mol. The Hall–Kier alpha value is -2.58. The zero-order valence-corrected chi connectivity index (χ0v) is 16.2. The maximum Gasteiger partial charge on any atom is 0.243 e. The topological polar surface area (TPSA) is 83.6 Å². The highest BCUT2D eigenvalue weighted by atomic mass is 32.2. The van der Waals surface area contributed by atoms with Crippen LogP contribution in [0.15, 0.2) is 53.4 Å². The number of halogens is 1. The lowest BCUT2D eigenvalue weighted by molar-refractivity contribution is -0.120. The third kappa shape index (κ3) is 4.28. The first-order valence-corrected chi connectivity index (χ1v) is 10.4. The molecule has 1 heterocycles. The number of piperidine rings is 1. The van der Waals surface area contributed by atoms with Crippen LogP contribution < -0.4 is 5.32 Å². The molecule has 28 heavy (non-hydrogen) atoms. The molecular formula is C20H21FN2O4S. The lowest BCUT2D eigenvalue weighted by Crippen LogP contribution is -2.49. The molecule has 1 unspecified atom stereocenters. The van der Waals surface area contributed by atoms with Crippen molar-refractivity contribution in [1.29, 1.82) is 0 Å². The van der Waals surface area contributed by atoms with Crippen LogP contribution in [0.25, 0.3) is 0 Å². The summed E-state index contributed by atoms with van der Waals surface area (Å²) in [6, 6.07) is 10.2. The van der Waals surface area contributed by atoms with Crippen LogP contribution in [0.4, 0.5) is 10.1 Å². The number of carbonyl (C=O) groups excluding carboxylic acids is 2. The van der Waals surface area contributed by atoms with Crippen molar-refractivity contribution in [3.05, 3.63) is 59.9 Å². The van der Waals surface area contributed by atoms with Crippen molar-refractivity contribution in [1.82, 2.24) is 4.31 Å². The summed E-state index contributed by atoms with van der Waals surface area (Å²) in [5.41, 5.74) is 0.691. The molecule has 3 rings (SSSR count). The predicted molar refractivity (Wildman–Crippen MR) is 103 cm³/mol. The smallest absolute Gasteiger partial charge is 0.243 e. The van der Waals surface area contributed by atoms with Crippen LogP contribution in [0, 0.1) is 5.82 Å². The second-order valence-electron chi connectivity index (χ2n) is 6.71. The van der Waals surface area contributed by atoms with Crippen LogP contribution in [0.1, 0.15) is 36.5 Å². The van der Waals surface area contributed by atoms with Gasteiger partial charge in [-0.25, -0.2) is 12.8 Å². The number of nitrogens with zero attached hydrogens (tertiary/aromatic N) is 1. The number of hydrogen-bond donors (Lipinski definition) is 1. The van der Waals surface area contributed by atoms with Gasteiger partial charge in [0.1, 0.15) is 11.9 Å². The number of anilines is 1. The Kier molecular flexibility index (Phi) is 5.90. The molecule has 1 amide bonds. The summed E-state index contributed by atoms with van der Waals surface area (Å²) < 4.78 is 40.7. The van der Waals surface area contributed by atoms with E-state index in [9.17, 15) is 22.4 Å². The summed E-state index contributed by atoms with van der Waals surface area (Å²) in [4.78, 5) is 24.2. The number of nitrogens with one attached hydrogen (secondary N) is 1. The van der Waals surface area contributed by atoms with Gasteiger partial charge in [0.15, 0.2) is 5.78 Å². The molecule has 1 aliphatic rings. The van der Waals surface area contributed by atoms with Crippen LogP contribution in [0.5, 0.6) is 0 Å². The molecule has 1 saturated heterocycles. The van der Waals surface area contributed by atoms with Crippen molar-refractivity contribution in [3.8, 4) is 0 Å². The normalized spacial score (nSPS) is 17.9. The van der Waals surface area contributed by atoms with Gasteiger partial charge in [0.25, 0.3) is 0 Å². The van der Waals surface area contributed by atoms with E-state index in [4.69, 9.17) is 0 Å². The van der Waals surface area contributed by atoms with Crippen molar-refractivity contribution in [2.24, 2.45) is 0 Å². The number of carbonyl (C=O) groups is 2. The summed E-state index contributed by atoms with van der Waals surface area (Å²) in [5, 5.41) is 2.60. The number of sulfonamides is 1. The van der Waals surface area contributed by atoms with E-state index in [1.807, 2.05) is 0 Å². The maximum atomic E-state index is 13.4. The molecule has 1 fully saturated rings. The minimum Gasteiger partial charge on any atom is -0.325 e. The van der Waals surface area contributed by atoms with Crippen LogP contribution >= 0.6 is 0 Å². The fourth-order valence-corrected chi connectivity index (χ4v) is 4.90. The molecule has 0 bridgehead atoms. The van der Waals surface area contributed by atoms with E-state index < -0.39 is 27.8 Å².